The van der Waals surface area contributed by atoms with Gasteiger partial charge in [-0.2, -0.15) is 0 Å². The fourth-order valence-electron chi connectivity index (χ4n) is 4.18. The molecule has 2 unspecified atom stereocenters. The summed E-state index contributed by atoms with van der Waals surface area (Å²) in [5.41, 5.74) is 7.34. The van der Waals surface area contributed by atoms with Crippen LogP contribution in [0.1, 0.15) is 30.5 Å². The van der Waals surface area contributed by atoms with Crippen LogP contribution in [0.5, 0.6) is 5.75 Å². The second-order valence-electron chi connectivity index (χ2n) is 7.71. The number of aliphatic hydroxyl groups is 1. The molecule has 1 N–H and O–H groups in total. The van der Waals surface area contributed by atoms with Crippen molar-refractivity contribution >= 4 is 5.57 Å². The minimum atomic E-state index is -0.931. The Morgan fingerprint density at radius 1 is 0.750 bits per heavy atom. The van der Waals surface area contributed by atoms with Crippen molar-refractivity contribution in [2.24, 2.45) is 0 Å². The van der Waals surface area contributed by atoms with Gasteiger partial charge in [-0.1, -0.05) is 60.7 Å². The van der Waals surface area contributed by atoms with Gasteiger partial charge in [0.15, 0.2) is 6.29 Å². The zero-order valence-electron chi connectivity index (χ0n) is 18.7. The summed E-state index contributed by atoms with van der Waals surface area (Å²) in [5, 5.41) is 10.1. The van der Waals surface area contributed by atoms with E-state index < -0.39 is 6.29 Å². The topological polar surface area (TPSA) is 47.9 Å². The first-order chi connectivity index (χ1) is 15.7. The Bertz CT molecular complexity index is 1010. The maximum absolute atomic E-state index is 10.1. The molecule has 0 aromatic heterocycles. The van der Waals surface area contributed by atoms with Gasteiger partial charge in [0.2, 0.25) is 0 Å². The van der Waals surface area contributed by atoms with E-state index in [0.29, 0.717) is 26.2 Å². The van der Waals surface area contributed by atoms with Gasteiger partial charge in [-0.05, 0) is 65.4 Å². The summed E-state index contributed by atoms with van der Waals surface area (Å²) in [5.74, 6) is 0.809. The predicted molar refractivity (Wildman–Crippen MR) is 128 cm³/mol. The molecule has 0 aliphatic heterocycles. The van der Waals surface area contributed by atoms with Gasteiger partial charge in [-0.3, -0.25) is 0 Å². The van der Waals surface area contributed by atoms with E-state index in [0.717, 1.165) is 11.3 Å². The van der Waals surface area contributed by atoms with Gasteiger partial charge in [0.25, 0.3) is 0 Å². The molecule has 2 atom stereocenters. The molecular weight excluding hydrogens is 400 g/mol. The van der Waals surface area contributed by atoms with Gasteiger partial charge in [0.05, 0.1) is 0 Å². The van der Waals surface area contributed by atoms with E-state index in [1.807, 2.05) is 38.1 Å². The first-order valence-corrected chi connectivity index (χ1v) is 11.2. The van der Waals surface area contributed by atoms with Crippen LogP contribution in [-0.4, -0.2) is 37.3 Å². The van der Waals surface area contributed by atoms with Crippen LogP contribution < -0.4 is 4.74 Å². The van der Waals surface area contributed by atoms with Gasteiger partial charge in [-0.25, -0.2) is 0 Å². The summed E-state index contributed by atoms with van der Waals surface area (Å²) < 4.78 is 17.0. The number of benzene rings is 3. The molecule has 0 radical (unpaired) electrons. The average molecular weight is 431 g/mol. The summed E-state index contributed by atoms with van der Waals surface area (Å²) in [6.07, 6.45) is 1.41. The van der Waals surface area contributed by atoms with Crippen molar-refractivity contribution in [3.05, 3.63) is 95.6 Å². The van der Waals surface area contributed by atoms with Crippen LogP contribution in [-0.2, 0) is 15.9 Å². The molecule has 4 heteroatoms. The first kappa shape index (κ1) is 22.3. The van der Waals surface area contributed by atoms with Gasteiger partial charge in [0, 0.05) is 19.6 Å². The van der Waals surface area contributed by atoms with E-state index in [4.69, 9.17) is 14.2 Å². The van der Waals surface area contributed by atoms with Gasteiger partial charge < -0.3 is 19.3 Å². The van der Waals surface area contributed by atoms with Crippen LogP contribution in [0.4, 0.5) is 0 Å². The molecule has 0 fully saturated rings. The van der Waals surface area contributed by atoms with Crippen molar-refractivity contribution in [3.63, 3.8) is 0 Å². The molecule has 4 rings (SSSR count). The highest BCUT2D eigenvalue weighted by Gasteiger charge is 2.22. The monoisotopic (exact) mass is 430 g/mol. The minimum absolute atomic E-state index is 0.390. The Labute approximate surface area is 190 Å². The maximum Gasteiger partial charge on any atom is 0.181 e. The lowest BCUT2D eigenvalue weighted by molar-refractivity contribution is -0.174. The SMILES string of the molecule is CCOC(O)C(Cc1ccc(OCC=C2c3ccccc3-c3ccccc32)cc1)OCC. The Morgan fingerprint density at radius 3 is 1.88 bits per heavy atom. The third-order valence-corrected chi connectivity index (χ3v) is 5.66. The maximum atomic E-state index is 10.1. The predicted octanol–water partition coefficient (Wildman–Crippen LogP) is 5.48. The molecule has 0 heterocycles. The van der Waals surface area contributed by atoms with E-state index in [2.05, 4.69) is 54.6 Å². The van der Waals surface area contributed by atoms with Gasteiger partial charge in [-0.15, -0.1) is 0 Å². The molecule has 1 aliphatic carbocycles. The molecule has 32 heavy (non-hydrogen) atoms. The second kappa shape index (κ2) is 10.6. The standard InChI is InChI=1S/C28H30O4/c1-3-30-27(28(29)31-4-2)19-20-13-15-21(16-14-20)32-18-17-26-24-11-7-5-9-22(24)23-10-6-8-12-25(23)26/h5-17,27-29H,3-4,18-19H2,1-2H3. The van der Waals surface area contributed by atoms with Gasteiger partial charge in [0.1, 0.15) is 18.5 Å². The Hall–Kier alpha value is -2.92. The Balaban J connectivity index is 1.41. The number of hydrogen-bond donors (Lipinski definition) is 1. The molecule has 166 valence electrons. The first-order valence-electron chi connectivity index (χ1n) is 11.2. The normalized spacial score (nSPS) is 13.9. The van der Waals surface area contributed by atoms with Crippen LogP contribution in [0.3, 0.4) is 0 Å². The third kappa shape index (κ3) is 4.94. The summed E-state index contributed by atoms with van der Waals surface area (Å²) in [6.45, 7) is 5.23. The molecule has 0 saturated heterocycles. The van der Waals surface area contributed by atoms with Crippen molar-refractivity contribution in [2.45, 2.75) is 32.7 Å². The number of fused-ring (bicyclic) bond motifs is 3. The van der Waals surface area contributed by atoms with E-state index in [9.17, 15) is 5.11 Å². The highest BCUT2D eigenvalue weighted by Crippen LogP contribution is 2.43. The van der Waals surface area contributed by atoms with Crippen molar-refractivity contribution < 1.29 is 19.3 Å². The Kier molecular flexibility index (Phi) is 7.38. The average Bonchev–Trinajstić information content (AvgIpc) is 3.14. The summed E-state index contributed by atoms with van der Waals surface area (Å²) >= 11 is 0. The largest absolute Gasteiger partial charge is 0.490 e. The highest BCUT2D eigenvalue weighted by atomic mass is 16.6. The number of rotatable bonds is 10. The van der Waals surface area contributed by atoms with E-state index in [-0.39, 0.29) is 6.10 Å². The van der Waals surface area contributed by atoms with Gasteiger partial charge >= 0.3 is 0 Å². The van der Waals surface area contributed by atoms with Crippen molar-refractivity contribution in [3.8, 4) is 16.9 Å². The fourth-order valence-corrected chi connectivity index (χ4v) is 4.18. The summed E-state index contributed by atoms with van der Waals surface area (Å²) in [4.78, 5) is 0. The number of aliphatic hydroxyl groups excluding tert-OH is 1. The zero-order chi connectivity index (χ0) is 22.3. The lowest BCUT2D eigenvalue weighted by Crippen LogP contribution is -2.33. The molecular formula is C28H30O4. The Morgan fingerprint density at radius 2 is 1.31 bits per heavy atom. The van der Waals surface area contributed by atoms with Crippen molar-refractivity contribution in [1.29, 1.82) is 0 Å². The smallest absolute Gasteiger partial charge is 0.181 e. The van der Waals surface area contributed by atoms with Crippen LogP contribution in [0.25, 0.3) is 16.7 Å². The summed E-state index contributed by atoms with van der Waals surface area (Å²) in [7, 11) is 0. The van der Waals surface area contributed by atoms with E-state index >= 15 is 0 Å². The lowest BCUT2D eigenvalue weighted by Gasteiger charge is -2.22. The zero-order valence-corrected chi connectivity index (χ0v) is 18.7. The van der Waals surface area contributed by atoms with Crippen LogP contribution in [0, 0.1) is 0 Å². The molecule has 0 spiro atoms. The molecule has 1 aliphatic rings. The third-order valence-electron chi connectivity index (χ3n) is 5.66. The van der Waals surface area contributed by atoms with Crippen molar-refractivity contribution in [1.82, 2.24) is 0 Å². The molecule has 4 nitrogen and oxygen atoms in total. The second-order valence-corrected chi connectivity index (χ2v) is 7.71. The molecule has 0 amide bonds. The van der Waals surface area contributed by atoms with E-state index in [1.165, 1.54) is 27.8 Å². The molecule has 3 aromatic rings. The van der Waals surface area contributed by atoms with Crippen LogP contribution in [0.2, 0.25) is 0 Å². The fraction of sp³-hybridized carbons (Fsp3) is 0.286. The summed E-state index contributed by atoms with van der Waals surface area (Å²) in [6, 6.07) is 24.9. The van der Waals surface area contributed by atoms with E-state index in [1.54, 1.807) is 0 Å². The quantitative estimate of drug-likeness (QED) is 0.339. The highest BCUT2D eigenvalue weighted by molar-refractivity contribution is 6.01. The van der Waals surface area contributed by atoms with Crippen LogP contribution in [0.15, 0.2) is 78.9 Å². The number of hydrogen-bond acceptors (Lipinski definition) is 4. The van der Waals surface area contributed by atoms with Crippen molar-refractivity contribution in [2.75, 3.05) is 19.8 Å². The minimum Gasteiger partial charge on any atom is -0.490 e. The van der Waals surface area contributed by atoms with Crippen LogP contribution >= 0.6 is 0 Å². The molecule has 0 saturated carbocycles. The molecule has 3 aromatic carbocycles. The number of ether oxygens (including phenoxy) is 3. The molecule has 0 bridgehead atoms. The lowest BCUT2D eigenvalue weighted by atomic mass is 10.0.